The fraction of sp³-hybridized carbons (Fsp3) is 0.136. The molecule has 6 nitrogen and oxygen atoms in total. The number of alkyl halides is 3. The van der Waals surface area contributed by atoms with Crippen molar-refractivity contribution in [2.75, 3.05) is 5.32 Å². The molecule has 0 fully saturated rings. The third-order valence-electron chi connectivity index (χ3n) is 4.47. The fourth-order valence-corrected chi connectivity index (χ4v) is 3.17. The van der Waals surface area contributed by atoms with Gasteiger partial charge in [-0.05, 0) is 36.6 Å². The zero-order valence-corrected chi connectivity index (χ0v) is 17.4. The highest BCUT2D eigenvalue weighted by atomic mass is 35.5. The van der Waals surface area contributed by atoms with E-state index in [1.54, 1.807) is 30.3 Å². The van der Waals surface area contributed by atoms with Crippen molar-refractivity contribution >= 4 is 45.6 Å². The number of nitrogens with one attached hydrogen (secondary N) is 2. The van der Waals surface area contributed by atoms with Gasteiger partial charge >= 0.3 is 6.18 Å². The lowest BCUT2D eigenvalue weighted by Gasteiger charge is -2.12. The van der Waals surface area contributed by atoms with Gasteiger partial charge in [0.2, 0.25) is 5.91 Å². The Morgan fingerprint density at radius 3 is 2.53 bits per heavy atom. The van der Waals surface area contributed by atoms with Crippen LogP contribution in [0.5, 0.6) is 5.75 Å². The molecule has 0 heterocycles. The van der Waals surface area contributed by atoms with Crippen LogP contribution < -0.4 is 10.7 Å². The summed E-state index contributed by atoms with van der Waals surface area (Å²) in [6, 6.07) is 13.1. The van der Waals surface area contributed by atoms with Gasteiger partial charge in [0.1, 0.15) is 5.75 Å². The number of carbonyl (C=O) groups excluding carboxylic acids is 2. The molecule has 0 saturated heterocycles. The Bertz CT molecular complexity index is 1230. The second kappa shape index (κ2) is 9.27. The first-order chi connectivity index (χ1) is 15.1. The molecule has 0 unspecified atom stereocenters. The Morgan fingerprint density at radius 2 is 1.81 bits per heavy atom. The topological polar surface area (TPSA) is 90.8 Å². The number of nitrogens with zero attached hydrogens (tertiary/aromatic N) is 1. The van der Waals surface area contributed by atoms with Crippen LogP contribution in [0.3, 0.4) is 0 Å². The molecule has 10 heteroatoms. The van der Waals surface area contributed by atoms with Gasteiger partial charge in [-0.25, -0.2) is 5.43 Å². The molecule has 0 radical (unpaired) electrons. The van der Waals surface area contributed by atoms with E-state index in [2.05, 4.69) is 15.8 Å². The Balaban J connectivity index is 1.64. The van der Waals surface area contributed by atoms with E-state index in [0.29, 0.717) is 5.39 Å². The van der Waals surface area contributed by atoms with Crippen LogP contribution in [0.15, 0.2) is 59.7 Å². The summed E-state index contributed by atoms with van der Waals surface area (Å²) < 4.78 is 38.8. The fourth-order valence-electron chi connectivity index (χ4n) is 2.94. The lowest BCUT2D eigenvalue weighted by atomic mass is 10.1. The van der Waals surface area contributed by atoms with Crippen LogP contribution in [0.1, 0.15) is 29.3 Å². The molecular weight excluding hydrogens is 447 g/mol. The highest BCUT2D eigenvalue weighted by Crippen LogP contribution is 2.36. The van der Waals surface area contributed by atoms with Crippen LogP contribution in [0.25, 0.3) is 10.8 Å². The normalized spacial score (nSPS) is 12.0. The number of phenols is 1. The zero-order valence-electron chi connectivity index (χ0n) is 16.6. The van der Waals surface area contributed by atoms with Gasteiger partial charge in [-0.3, -0.25) is 9.59 Å². The number of carbonyl (C=O) groups is 2. The number of fused-ring (bicyclic) bond motifs is 1. The third-order valence-corrected chi connectivity index (χ3v) is 4.80. The molecular formula is C22H17ClF3N3O3. The summed E-state index contributed by atoms with van der Waals surface area (Å²) in [4.78, 5) is 24.5. The number of amides is 2. The molecule has 0 aliphatic rings. The van der Waals surface area contributed by atoms with Gasteiger partial charge in [0.15, 0.2) is 0 Å². The van der Waals surface area contributed by atoms with Crippen molar-refractivity contribution < 1.29 is 27.9 Å². The van der Waals surface area contributed by atoms with Crippen molar-refractivity contribution in [3.8, 4) is 5.75 Å². The van der Waals surface area contributed by atoms with Gasteiger partial charge in [-0.15, -0.1) is 0 Å². The highest BCUT2D eigenvalue weighted by Gasteiger charge is 2.33. The molecule has 166 valence electrons. The largest absolute Gasteiger partial charge is 0.506 e. The Hall–Kier alpha value is -3.59. The average molecular weight is 464 g/mol. The monoisotopic (exact) mass is 463 g/mol. The summed E-state index contributed by atoms with van der Waals surface area (Å²) in [6.45, 7) is 1.46. The summed E-state index contributed by atoms with van der Waals surface area (Å²) in [5.74, 6) is -1.51. The van der Waals surface area contributed by atoms with Gasteiger partial charge in [0.25, 0.3) is 5.91 Å². The quantitative estimate of drug-likeness (QED) is 0.352. The van der Waals surface area contributed by atoms with E-state index in [-0.39, 0.29) is 29.1 Å². The second-order valence-corrected chi connectivity index (χ2v) is 7.30. The standard InChI is InChI=1S/C22H17ClF3N3O3/c1-12(10-19(30)27-14-7-9-18(23)17(11-14)22(24,25)26)28-29-21(32)16-8-6-13-4-2-3-5-15(13)20(16)31/h2-9,11,31H,10H2,1H3,(H,27,30)(H,29,32)/b28-12+. The maximum atomic E-state index is 12.9. The van der Waals surface area contributed by atoms with E-state index in [0.717, 1.165) is 17.5 Å². The van der Waals surface area contributed by atoms with Crippen LogP contribution in [0.2, 0.25) is 5.02 Å². The van der Waals surface area contributed by atoms with Crippen LogP contribution >= 0.6 is 11.6 Å². The van der Waals surface area contributed by atoms with Gasteiger partial charge in [-0.2, -0.15) is 18.3 Å². The number of anilines is 1. The molecule has 0 atom stereocenters. The van der Waals surface area contributed by atoms with Crippen molar-refractivity contribution in [2.45, 2.75) is 19.5 Å². The summed E-state index contributed by atoms with van der Waals surface area (Å²) in [5, 5.41) is 17.3. The van der Waals surface area contributed by atoms with Crippen molar-refractivity contribution in [2.24, 2.45) is 5.10 Å². The van der Waals surface area contributed by atoms with E-state index >= 15 is 0 Å². The van der Waals surface area contributed by atoms with Crippen molar-refractivity contribution in [3.63, 3.8) is 0 Å². The predicted molar refractivity (Wildman–Crippen MR) is 116 cm³/mol. The maximum Gasteiger partial charge on any atom is 0.417 e. The van der Waals surface area contributed by atoms with Crippen molar-refractivity contribution in [3.05, 3.63) is 70.7 Å². The molecule has 0 spiro atoms. The van der Waals surface area contributed by atoms with Gasteiger partial charge in [0.05, 0.1) is 22.6 Å². The Labute approximate surface area is 185 Å². The molecule has 3 N–H and O–H groups in total. The molecule has 0 aliphatic carbocycles. The van der Waals surface area contributed by atoms with Crippen molar-refractivity contribution in [1.29, 1.82) is 0 Å². The minimum absolute atomic E-state index is 0.00514. The Morgan fingerprint density at radius 1 is 1.09 bits per heavy atom. The van der Waals surface area contributed by atoms with E-state index in [9.17, 15) is 27.9 Å². The van der Waals surface area contributed by atoms with E-state index in [1.165, 1.54) is 19.1 Å². The lowest BCUT2D eigenvalue weighted by molar-refractivity contribution is -0.137. The van der Waals surface area contributed by atoms with E-state index in [4.69, 9.17) is 11.6 Å². The molecule has 3 aromatic rings. The van der Waals surface area contributed by atoms with Crippen LogP contribution in [-0.4, -0.2) is 22.6 Å². The first-order valence-electron chi connectivity index (χ1n) is 9.27. The molecule has 3 aromatic carbocycles. The van der Waals surface area contributed by atoms with Crippen LogP contribution in [0, 0.1) is 0 Å². The number of hydrogen-bond donors (Lipinski definition) is 3. The summed E-state index contributed by atoms with van der Waals surface area (Å²) in [5.41, 5.74) is 1.31. The van der Waals surface area contributed by atoms with Crippen LogP contribution in [-0.2, 0) is 11.0 Å². The smallest absolute Gasteiger partial charge is 0.417 e. The number of rotatable bonds is 5. The second-order valence-electron chi connectivity index (χ2n) is 6.89. The minimum Gasteiger partial charge on any atom is -0.506 e. The predicted octanol–water partition coefficient (Wildman–Crippen LogP) is 5.35. The number of phenolic OH excluding ortho intramolecular Hbond substituents is 1. The number of aromatic hydroxyl groups is 1. The maximum absolute atomic E-state index is 12.9. The molecule has 0 saturated carbocycles. The number of benzene rings is 3. The Kier molecular flexibility index (Phi) is 6.69. The van der Waals surface area contributed by atoms with Gasteiger partial charge in [0, 0.05) is 16.8 Å². The lowest BCUT2D eigenvalue weighted by Crippen LogP contribution is -2.21. The number of hydrazone groups is 1. The summed E-state index contributed by atoms with van der Waals surface area (Å²) >= 11 is 5.56. The SMILES string of the molecule is C/C(CC(=O)Nc1ccc(Cl)c(C(F)(F)F)c1)=N\NC(=O)c1ccc2ccccc2c1O. The van der Waals surface area contributed by atoms with Crippen molar-refractivity contribution in [1.82, 2.24) is 5.43 Å². The molecule has 2 amide bonds. The van der Waals surface area contributed by atoms with E-state index < -0.39 is 28.6 Å². The number of halogens is 4. The summed E-state index contributed by atoms with van der Waals surface area (Å²) in [7, 11) is 0. The minimum atomic E-state index is -4.66. The first kappa shape index (κ1) is 23.1. The van der Waals surface area contributed by atoms with Gasteiger partial charge < -0.3 is 10.4 Å². The van der Waals surface area contributed by atoms with E-state index in [1.807, 2.05) is 0 Å². The van der Waals surface area contributed by atoms with Crippen LogP contribution in [0.4, 0.5) is 18.9 Å². The first-order valence-corrected chi connectivity index (χ1v) is 9.65. The summed E-state index contributed by atoms with van der Waals surface area (Å²) in [6.07, 6.45) is -4.94. The number of hydrogen-bond acceptors (Lipinski definition) is 4. The third kappa shape index (κ3) is 5.36. The highest BCUT2D eigenvalue weighted by molar-refractivity contribution is 6.31. The van der Waals surface area contributed by atoms with Gasteiger partial charge in [-0.1, -0.05) is 41.9 Å². The molecule has 0 bridgehead atoms. The molecule has 3 rings (SSSR count). The zero-order chi connectivity index (χ0) is 23.5. The molecule has 32 heavy (non-hydrogen) atoms. The molecule has 0 aromatic heterocycles. The molecule has 0 aliphatic heterocycles. The average Bonchev–Trinajstić information content (AvgIpc) is 2.73.